The second kappa shape index (κ2) is 8.89. The molecule has 0 aromatic heterocycles. The minimum absolute atomic E-state index is 0.176. The number of azo groups is 1. The largest absolute Gasteiger partial charge is 0.504 e. The molecule has 0 atom stereocenters. The van der Waals surface area contributed by atoms with Gasteiger partial charge < -0.3 is 10.2 Å². The average molecular weight is 312 g/mol. The summed E-state index contributed by atoms with van der Waals surface area (Å²) in [6.45, 7) is 4.60. The predicted octanol–water partition coefficient (Wildman–Crippen LogP) is 3.81. The lowest BCUT2D eigenvalue weighted by Crippen LogP contribution is -1.92. The third-order valence-corrected chi connectivity index (χ3v) is 2.47. The molecule has 0 aliphatic heterocycles. The van der Waals surface area contributed by atoms with Gasteiger partial charge in [0.05, 0.1) is 11.4 Å². The molecule has 0 amide bonds. The Morgan fingerprint density at radius 2 is 1.43 bits per heavy atom. The summed E-state index contributed by atoms with van der Waals surface area (Å²) in [5.74, 6) is -1.24. The molecule has 6 heteroatoms. The summed E-state index contributed by atoms with van der Waals surface area (Å²) in [4.78, 5) is 20.7. The third-order valence-electron chi connectivity index (χ3n) is 2.47. The van der Waals surface area contributed by atoms with Crippen molar-refractivity contribution in [1.29, 1.82) is 0 Å². The van der Waals surface area contributed by atoms with E-state index in [1.807, 2.05) is 30.3 Å². The summed E-state index contributed by atoms with van der Waals surface area (Å²) in [5, 5.41) is 25.1. The molecule has 0 unspecified atom stereocenters. The van der Waals surface area contributed by atoms with Gasteiger partial charge in [0.25, 0.3) is 0 Å². The molecule has 2 aromatic carbocycles. The lowest BCUT2D eigenvalue weighted by Gasteiger charge is -1.89. The Labute approximate surface area is 133 Å². The first-order valence-electron chi connectivity index (χ1n) is 6.59. The van der Waals surface area contributed by atoms with E-state index in [-0.39, 0.29) is 11.3 Å². The Bertz CT molecular complexity index is 759. The fourth-order valence-electron chi connectivity index (χ4n) is 1.23. The van der Waals surface area contributed by atoms with Gasteiger partial charge in [-0.2, -0.15) is 10.2 Å². The van der Waals surface area contributed by atoms with E-state index < -0.39 is 11.4 Å². The molecule has 0 spiro atoms. The summed E-state index contributed by atoms with van der Waals surface area (Å²) in [6.07, 6.45) is 0. The molecule has 0 heterocycles. The van der Waals surface area contributed by atoms with Crippen LogP contribution in [0.2, 0.25) is 0 Å². The van der Waals surface area contributed by atoms with Gasteiger partial charge in [0.15, 0.2) is 5.75 Å². The minimum atomic E-state index is -0.935. The van der Waals surface area contributed by atoms with E-state index in [9.17, 15) is 14.7 Å². The topological polar surface area (TPSA) is 99.3 Å². The maximum absolute atomic E-state index is 11.1. The molecule has 118 valence electrons. The van der Waals surface area contributed by atoms with Gasteiger partial charge in [0.1, 0.15) is 0 Å². The van der Waals surface area contributed by atoms with Crippen molar-refractivity contribution in [3.63, 3.8) is 0 Å². The molecular formula is C17H16N2O4. The maximum atomic E-state index is 11.1. The molecule has 2 rings (SSSR count). The number of hydrogen-bond donors (Lipinski definition) is 2. The van der Waals surface area contributed by atoms with Gasteiger partial charge in [-0.05, 0) is 43.3 Å². The van der Waals surface area contributed by atoms with Crippen LogP contribution in [0.15, 0.2) is 81.8 Å². The minimum Gasteiger partial charge on any atom is -0.504 e. The van der Waals surface area contributed by atoms with Crippen LogP contribution >= 0.6 is 0 Å². The van der Waals surface area contributed by atoms with E-state index in [4.69, 9.17) is 5.11 Å². The van der Waals surface area contributed by atoms with Crippen LogP contribution in [-0.4, -0.2) is 16.2 Å². The number of rotatable bonds is 3. The lowest BCUT2D eigenvalue weighted by atomic mass is 10.3. The molecule has 0 aliphatic carbocycles. The van der Waals surface area contributed by atoms with Crippen molar-refractivity contribution in [1.82, 2.24) is 0 Å². The highest BCUT2D eigenvalue weighted by atomic mass is 16.4. The van der Waals surface area contributed by atoms with Crippen molar-refractivity contribution < 1.29 is 15.0 Å². The Kier molecular flexibility index (Phi) is 6.87. The van der Waals surface area contributed by atoms with Gasteiger partial charge in [-0.15, -0.1) is 0 Å². The van der Waals surface area contributed by atoms with Crippen molar-refractivity contribution in [2.24, 2.45) is 10.2 Å². The molecule has 0 radical (unpaired) electrons. The van der Waals surface area contributed by atoms with Crippen LogP contribution in [-0.2, 0) is 4.79 Å². The number of carbonyl (C=O) groups is 1. The molecule has 2 N–H and O–H groups in total. The Morgan fingerprint density at radius 3 is 1.96 bits per heavy atom. The van der Waals surface area contributed by atoms with Gasteiger partial charge >= 0.3 is 5.97 Å². The highest BCUT2D eigenvalue weighted by Crippen LogP contribution is 2.16. The number of carboxylic acids is 1. The fourth-order valence-corrected chi connectivity index (χ4v) is 1.23. The number of aliphatic carboxylic acids is 1. The van der Waals surface area contributed by atoms with Crippen LogP contribution in [0.25, 0.3) is 0 Å². The smallest absolute Gasteiger partial charge is 0.330 e. The number of aromatic hydroxyl groups is 1. The Morgan fingerprint density at radius 1 is 0.957 bits per heavy atom. The Balaban J connectivity index is 0.000000379. The van der Waals surface area contributed by atoms with Gasteiger partial charge in [-0.25, -0.2) is 4.79 Å². The van der Waals surface area contributed by atoms with Crippen LogP contribution in [0.3, 0.4) is 0 Å². The molecule has 0 aliphatic rings. The highest BCUT2D eigenvalue weighted by Gasteiger charge is 1.93. The van der Waals surface area contributed by atoms with Gasteiger partial charge in [0.2, 0.25) is 5.43 Å². The molecular weight excluding hydrogens is 296 g/mol. The van der Waals surface area contributed by atoms with E-state index in [0.29, 0.717) is 5.69 Å². The van der Waals surface area contributed by atoms with Crippen molar-refractivity contribution >= 4 is 17.3 Å². The van der Waals surface area contributed by atoms with Crippen molar-refractivity contribution in [3.8, 4) is 5.75 Å². The van der Waals surface area contributed by atoms with E-state index in [2.05, 4.69) is 16.8 Å². The van der Waals surface area contributed by atoms with E-state index >= 15 is 0 Å². The normalized spacial score (nSPS) is 9.78. The Hall–Kier alpha value is -3.28. The zero-order chi connectivity index (χ0) is 17.2. The standard InChI is InChI=1S/C13H10N2O2.C4H6O2/c16-12-8-6-11(7-9-13(12)17)15-14-10-4-2-1-3-5-10;1-3(2)4(5)6/h1-9H,(H,16,17);1H2,2H3,(H,5,6). The van der Waals surface area contributed by atoms with Crippen molar-refractivity contribution in [2.75, 3.05) is 0 Å². The average Bonchev–Trinajstić information content (AvgIpc) is 2.69. The maximum Gasteiger partial charge on any atom is 0.330 e. The highest BCUT2D eigenvalue weighted by molar-refractivity contribution is 5.84. The number of benzene rings is 1. The summed E-state index contributed by atoms with van der Waals surface area (Å²) in [6, 6.07) is 14.9. The van der Waals surface area contributed by atoms with Crippen LogP contribution in [0, 0.1) is 0 Å². The monoisotopic (exact) mass is 312 g/mol. The quantitative estimate of drug-likeness (QED) is 0.664. The summed E-state index contributed by atoms with van der Waals surface area (Å²) in [7, 11) is 0. The van der Waals surface area contributed by atoms with Gasteiger partial charge in [-0.3, -0.25) is 4.79 Å². The number of nitrogens with zero attached hydrogens (tertiary/aromatic N) is 2. The van der Waals surface area contributed by atoms with Crippen LogP contribution in [0.1, 0.15) is 6.92 Å². The summed E-state index contributed by atoms with van der Waals surface area (Å²) in [5.41, 5.74) is 0.970. The molecule has 0 saturated heterocycles. The van der Waals surface area contributed by atoms with Crippen molar-refractivity contribution in [2.45, 2.75) is 6.92 Å². The van der Waals surface area contributed by atoms with Crippen LogP contribution in [0.4, 0.5) is 11.4 Å². The van der Waals surface area contributed by atoms with Crippen molar-refractivity contribution in [3.05, 3.63) is 77.0 Å². The zero-order valence-corrected chi connectivity index (χ0v) is 12.5. The van der Waals surface area contributed by atoms with Crippen LogP contribution < -0.4 is 5.43 Å². The second-order valence-corrected chi connectivity index (χ2v) is 4.46. The van der Waals surface area contributed by atoms with E-state index in [1.54, 1.807) is 0 Å². The summed E-state index contributed by atoms with van der Waals surface area (Å²) >= 11 is 0. The van der Waals surface area contributed by atoms with Crippen LogP contribution in [0.5, 0.6) is 5.75 Å². The second-order valence-electron chi connectivity index (χ2n) is 4.46. The molecule has 2 aromatic rings. The number of hydrogen-bond acceptors (Lipinski definition) is 5. The number of carboxylic acid groups (broad SMARTS) is 1. The van der Waals surface area contributed by atoms with E-state index in [1.165, 1.54) is 31.2 Å². The first-order valence-corrected chi connectivity index (χ1v) is 6.59. The molecule has 0 fully saturated rings. The molecule has 0 saturated carbocycles. The van der Waals surface area contributed by atoms with Gasteiger partial charge in [0, 0.05) is 5.57 Å². The molecule has 6 nitrogen and oxygen atoms in total. The fraction of sp³-hybridized carbons (Fsp3) is 0.0588. The summed E-state index contributed by atoms with van der Waals surface area (Å²) < 4.78 is 0. The SMILES string of the molecule is C=C(C)C(=O)O.O=c1ccc(N=Nc2ccccc2)ccc1O. The van der Waals surface area contributed by atoms with E-state index in [0.717, 1.165) is 5.69 Å². The molecule has 23 heavy (non-hydrogen) atoms. The molecule has 0 bridgehead atoms. The third kappa shape index (κ3) is 6.81. The van der Waals surface area contributed by atoms with Gasteiger partial charge in [-0.1, -0.05) is 24.8 Å². The lowest BCUT2D eigenvalue weighted by molar-refractivity contribution is -0.132. The predicted molar refractivity (Wildman–Crippen MR) is 87.4 cm³/mol. The first-order chi connectivity index (χ1) is 10.9. The zero-order valence-electron chi connectivity index (χ0n) is 12.5. The first kappa shape index (κ1) is 17.8.